The Balaban J connectivity index is 2.01. The zero-order valence-electron chi connectivity index (χ0n) is 12.3. The van der Waals surface area contributed by atoms with Crippen molar-refractivity contribution in [3.05, 3.63) is 83.4 Å². The third-order valence-electron chi connectivity index (χ3n) is 4.79. The zero-order valence-corrected chi connectivity index (χ0v) is 12.3. The molecular weight excluding hydrogens is 254 g/mol. The lowest BCUT2D eigenvalue weighted by Crippen LogP contribution is -2.41. The summed E-state index contributed by atoms with van der Waals surface area (Å²) in [5, 5.41) is 6.28. The summed E-state index contributed by atoms with van der Waals surface area (Å²) in [5.74, 6) is 0. The molecule has 0 aliphatic carbocycles. The van der Waals surface area contributed by atoms with Gasteiger partial charge in [-0.05, 0) is 27.5 Å². The molecule has 0 bridgehead atoms. The molecule has 0 amide bonds. The standard InChI is InChI=1S/C20H19N/c1-20(14-21-13-16-8-3-5-11-18(16)20)19-12-6-9-15-7-2-4-10-17(15)19/h2-12,21H,13-14H2,1H3. The summed E-state index contributed by atoms with van der Waals surface area (Å²) in [6.07, 6.45) is 0. The maximum atomic E-state index is 3.59. The van der Waals surface area contributed by atoms with E-state index >= 15 is 0 Å². The first-order chi connectivity index (χ1) is 10.3. The zero-order chi connectivity index (χ0) is 14.3. The first kappa shape index (κ1) is 12.6. The van der Waals surface area contributed by atoms with E-state index in [-0.39, 0.29) is 5.41 Å². The Morgan fingerprint density at radius 2 is 1.52 bits per heavy atom. The minimum Gasteiger partial charge on any atom is -0.311 e. The van der Waals surface area contributed by atoms with Gasteiger partial charge in [0.25, 0.3) is 0 Å². The second-order valence-corrected chi connectivity index (χ2v) is 6.12. The molecule has 104 valence electrons. The van der Waals surface area contributed by atoms with Crippen molar-refractivity contribution < 1.29 is 0 Å². The Hall–Kier alpha value is -2.12. The molecule has 1 unspecified atom stereocenters. The fourth-order valence-corrected chi connectivity index (χ4v) is 3.70. The summed E-state index contributed by atoms with van der Waals surface area (Å²) >= 11 is 0. The van der Waals surface area contributed by atoms with Crippen LogP contribution in [0.4, 0.5) is 0 Å². The normalized spacial score (nSPS) is 21.2. The molecule has 3 aromatic rings. The van der Waals surface area contributed by atoms with Crippen LogP contribution in [-0.2, 0) is 12.0 Å². The van der Waals surface area contributed by atoms with Gasteiger partial charge in [0.15, 0.2) is 0 Å². The molecule has 3 aromatic carbocycles. The molecular formula is C20H19N. The van der Waals surface area contributed by atoms with Crippen LogP contribution in [0.5, 0.6) is 0 Å². The van der Waals surface area contributed by atoms with Gasteiger partial charge in [-0.15, -0.1) is 0 Å². The molecule has 1 nitrogen and oxygen atoms in total. The van der Waals surface area contributed by atoms with E-state index in [1.807, 2.05) is 0 Å². The van der Waals surface area contributed by atoms with E-state index < -0.39 is 0 Å². The second-order valence-electron chi connectivity index (χ2n) is 6.12. The van der Waals surface area contributed by atoms with Crippen LogP contribution in [-0.4, -0.2) is 6.54 Å². The smallest absolute Gasteiger partial charge is 0.0308 e. The number of fused-ring (bicyclic) bond motifs is 2. The van der Waals surface area contributed by atoms with Crippen LogP contribution in [0.2, 0.25) is 0 Å². The third kappa shape index (κ3) is 1.89. The topological polar surface area (TPSA) is 12.0 Å². The molecule has 0 aromatic heterocycles. The van der Waals surface area contributed by atoms with Gasteiger partial charge in [-0.1, -0.05) is 73.7 Å². The number of nitrogens with one attached hydrogen (secondary N) is 1. The maximum absolute atomic E-state index is 3.59. The van der Waals surface area contributed by atoms with Gasteiger partial charge >= 0.3 is 0 Å². The van der Waals surface area contributed by atoms with Crippen molar-refractivity contribution in [3.63, 3.8) is 0 Å². The minimum absolute atomic E-state index is 0.0235. The predicted octanol–water partition coefficient (Wildman–Crippen LogP) is 4.25. The number of hydrogen-bond donors (Lipinski definition) is 1. The first-order valence-corrected chi connectivity index (χ1v) is 7.56. The highest BCUT2D eigenvalue weighted by atomic mass is 14.9. The average molecular weight is 273 g/mol. The third-order valence-corrected chi connectivity index (χ3v) is 4.79. The lowest BCUT2D eigenvalue weighted by Gasteiger charge is -2.38. The van der Waals surface area contributed by atoms with E-state index in [1.165, 1.54) is 27.5 Å². The molecule has 0 fully saturated rings. The van der Waals surface area contributed by atoms with E-state index in [0.717, 1.165) is 13.1 Å². The summed E-state index contributed by atoms with van der Waals surface area (Å²) in [6.45, 7) is 4.31. The molecule has 1 atom stereocenters. The van der Waals surface area contributed by atoms with E-state index in [4.69, 9.17) is 0 Å². The largest absolute Gasteiger partial charge is 0.311 e. The Morgan fingerprint density at radius 1 is 0.810 bits per heavy atom. The van der Waals surface area contributed by atoms with E-state index in [0.29, 0.717) is 0 Å². The summed E-state index contributed by atoms with van der Waals surface area (Å²) in [6, 6.07) is 24.2. The Morgan fingerprint density at radius 3 is 2.48 bits per heavy atom. The monoisotopic (exact) mass is 273 g/mol. The molecule has 0 saturated carbocycles. The van der Waals surface area contributed by atoms with Crippen LogP contribution in [0, 0.1) is 0 Å². The van der Waals surface area contributed by atoms with E-state index in [9.17, 15) is 0 Å². The van der Waals surface area contributed by atoms with Crippen molar-refractivity contribution in [2.24, 2.45) is 0 Å². The van der Waals surface area contributed by atoms with Crippen LogP contribution < -0.4 is 5.32 Å². The first-order valence-electron chi connectivity index (χ1n) is 7.56. The van der Waals surface area contributed by atoms with Gasteiger partial charge in [0.05, 0.1) is 0 Å². The number of benzene rings is 3. The number of hydrogen-bond acceptors (Lipinski definition) is 1. The van der Waals surface area contributed by atoms with Gasteiger partial charge in [0.1, 0.15) is 0 Å². The van der Waals surface area contributed by atoms with Crippen molar-refractivity contribution in [2.75, 3.05) is 6.54 Å². The molecule has 0 saturated heterocycles. The summed E-state index contributed by atoms with van der Waals surface area (Å²) in [7, 11) is 0. The minimum atomic E-state index is 0.0235. The highest BCUT2D eigenvalue weighted by molar-refractivity contribution is 5.87. The van der Waals surface area contributed by atoms with Gasteiger partial charge in [-0.3, -0.25) is 0 Å². The van der Waals surface area contributed by atoms with E-state index in [1.54, 1.807) is 0 Å². The molecule has 4 rings (SSSR count). The highest BCUT2D eigenvalue weighted by Crippen LogP contribution is 2.39. The van der Waals surface area contributed by atoms with Gasteiger partial charge < -0.3 is 5.32 Å². The molecule has 1 N–H and O–H groups in total. The quantitative estimate of drug-likeness (QED) is 0.699. The molecule has 1 aliphatic rings. The van der Waals surface area contributed by atoms with Crippen LogP contribution >= 0.6 is 0 Å². The fourth-order valence-electron chi connectivity index (χ4n) is 3.70. The maximum Gasteiger partial charge on any atom is 0.0308 e. The molecule has 0 radical (unpaired) electrons. The van der Waals surface area contributed by atoms with Crippen molar-refractivity contribution in [1.82, 2.24) is 5.32 Å². The lowest BCUT2D eigenvalue weighted by atomic mass is 9.71. The Bertz CT molecular complexity index is 800. The molecule has 1 heterocycles. The van der Waals surface area contributed by atoms with Crippen molar-refractivity contribution >= 4 is 10.8 Å². The van der Waals surface area contributed by atoms with Crippen LogP contribution in [0.15, 0.2) is 66.7 Å². The van der Waals surface area contributed by atoms with Gasteiger partial charge in [-0.25, -0.2) is 0 Å². The average Bonchev–Trinajstić information content (AvgIpc) is 2.55. The fraction of sp³-hybridized carbons (Fsp3) is 0.200. The molecule has 1 heteroatoms. The Labute approximate surface area is 125 Å². The molecule has 21 heavy (non-hydrogen) atoms. The highest BCUT2D eigenvalue weighted by Gasteiger charge is 2.34. The molecule has 0 spiro atoms. The van der Waals surface area contributed by atoms with Gasteiger partial charge in [0, 0.05) is 18.5 Å². The summed E-state index contributed by atoms with van der Waals surface area (Å²) in [5.41, 5.74) is 4.31. The lowest BCUT2D eigenvalue weighted by molar-refractivity contribution is 0.468. The molecule has 1 aliphatic heterocycles. The SMILES string of the molecule is CC1(c2cccc3ccccc23)CNCc2ccccc21. The van der Waals surface area contributed by atoms with Crippen molar-refractivity contribution in [2.45, 2.75) is 18.9 Å². The van der Waals surface area contributed by atoms with Crippen molar-refractivity contribution in [3.8, 4) is 0 Å². The predicted molar refractivity (Wildman–Crippen MR) is 88.6 cm³/mol. The summed E-state index contributed by atoms with van der Waals surface area (Å²) in [4.78, 5) is 0. The van der Waals surface area contributed by atoms with Crippen LogP contribution in [0.1, 0.15) is 23.6 Å². The van der Waals surface area contributed by atoms with Gasteiger partial charge in [-0.2, -0.15) is 0 Å². The van der Waals surface area contributed by atoms with Crippen LogP contribution in [0.25, 0.3) is 10.8 Å². The van der Waals surface area contributed by atoms with Crippen molar-refractivity contribution in [1.29, 1.82) is 0 Å². The van der Waals surface area contributed by atoms with Crippen LogP contribution in [0.3, 0.4) is 0 Å². The van der Waals surface area contributed by atoms with Gasteiger partial charge in [0.2, 0.25) is 0 Å². The second kappa shape index (κ2) is 4.71. The summed E-state index contributed by atoms with van der Waals surface area (Å²) < 4.78 is 0. The number of rotatable bonds is 1. The van der Waals surface area contributed by atoms with E-state index in [2.05, 4.69) is 79.0 Å². The Kier molecular flexibility index (Phi) is 2.83.